The van der Waals surface area contributed by atoms with Gasteiger partial charge in [-0.25, -0.2) is 4.99 Å². The molecule has 0 saturated heterocycles. The van der Waals surface area contributed by atoms with Gasteiger partial charge in [-0.1, -0.05) is 114 Å². The maximum Gasteiger partial charge on any atom is 0.106 e. The summed E-state index contributed by atoms with van der Waals surface area (Å²) in [6.45, 7) is 2.10. The van der Waals surface area contributed by atoms with E-state index in [0.29, 0.717) is 0 Å². The zero-order valence-electron chi connectivity index (χ0n) is 16.2. The molecule has 2 heteroatoms. The van der Waals surface area contributed by atoms with E-state index in [9.17, 15) is 0 Å². The second kappa shape index (κ2) is 7.38. The molecule has 4 aromatic rings. The molecule has 0 aliphatic carbocycles. The molecule has 140 valence electrons. The molecule has 1 aliphatic heterocycles. The number of rotatable bonds is 3. The first-order valence-corrected chi connectivity index (χ1v) is 10.6. The summed E-state index contributed by atoms with van der Waals surface area (Å²) in [6.07, 6.45) is 0. The quantitative estimate of drug-likeness (QED) is 0.362. The highest BCUT2D eigenvalue weighted by Gasteiger charge is 2.45. The Morgan fingerprint density at radius 3 is 1.79 bits per heavy atom. The standard InChI is InChI=1S/C27H21NS/c1-20-16-18-23(19-17-20)28-26-24-14-8-9-15-25(24)27(29-26,21-10-4-2-5-11-21)22-12-6-3-7-13-22/h2-19H,1H3. The van der Waals surface area contributed by atoms with Gasteiger partial charge in [-0.15, -0.1) is 0 Å². The van der Waals surface area contributed by atoms with Crippen LogP contribution in [-0.4, -0.2) is 5.04 Å². The summed E-state index contributed by atoms with van der Waals surface area (Å²) in [5.41, 5.74) is 7.30. The molecule has 1 nitrogen and oxygen atoms in total. The van der Waals surface area contributed by atoms with E-state index in [0.717, 1.165) is 10.7 Å². The van der Waals surface area contributed by atoms with Crippen molar-refractivity contribution < 1.29 is 0 Å². The van der Waals surface area contributed by atoms with Gasteiger partial charge >= 0.3 is 0 Å². The van der Waals surface area contributed by atoms with Crippen LogP contribution in [0.5, 0.6) is 0 Å². The summed E-state index contributed by atoms with van der Waals surface area (Å²) in [5.74, 6) is 0. The number of thioether (sulfide) groups is 1. The third-order valence-corrected chi connectivity index (χ3v) is 6.91. The Bertz CT molecular complexity index is 1120. The minimum Gasteiger partial charge on any atom is -0.241 e. The first-order valence-electron chi connectivity index (χ1n) is 9.83. The van der Waals surface area contributed by atoms with Crippen LogP contribution in [0.2, 0.25) is 0 Å². The lowest BCUT2D eigenvalue weighted by molar-refractivity contribution is 0.907. The SMILES string of the molecule is Cc1ccc(N=C2SC(c3ccccc3)(c3ccccc3)c3ccccc32)cc1. The Hall–Kier alpha value is -3.10. The smallest absolute Gasteiger partial charge is 0.106 e. The summed E-state index contributed by atoms with van der Waals surface area (Å²) < 4.78 is -0.303. The largest absolute Gasteiger partial charge is 0.241 e. The lowest BCUT2D eigenvalue weighted by atomic mass is 9.82. The fourth-order valence-corrected chi connectivity index (χ4v) is 5.52. The van der Waals surface area contributed by atoms with Crippen LogP contribution in [0.1, 0.15) is 27.8 Å². The number of benzene rings is 4. The maximum atomic E-state index is 5.07. The lowest BCUT2D eigenvalue weighted by Gasteiger charge is -2.30. The Labute approximate surface area is 176 Å². The van der Waals surface area contributed by atoms with Crippen LogP contribution in [0, 0.1) is 6.92 Å². The second-order valence-corrected chi connectivity index (χ2v) is 8.52. The van der Waals surface area contributed by atoms with Crippen molar-refractivity contribution in [2.24, 2.45) is 4.99 Å². The van der Waals surface area contributed by atoms with Gasteiger partial charge in [-0.3, -0.25) is 0 Å². The first-order chi connectivity index (χ1) is 14.3. The Morgan fingerprint density at radius 2 is 1.17 bits per heavy atom. The first kappa shape index (κ1) is 18.0. The number of hydrogen-bond donors (Lipinski definition) is 0. The molecule has 0 radical (unpaired) electrons. The lowest BCUT2D eigenvalue weighted by Crippen LogP contribution is -2.22. The third-order valence-electron chi connectivity index (χ3n) is 5.41. The number of hydrogen-bond acceptors (Lipinski definition) is 2. The Balaban J connectivity index is 1.76. The molecular weight excluding hydrogens is 370 g/mol. The van der Waals surface area contributed by atoms with E-state index >= 15 is 0 Å². The van der Waals surface area contributed by atoms with Crippen LogP contribution >= 0.6 is 11.8 Å². The van der Waals surface area contributed by atoms with Crippen LogP contribution in [0.4, 0.5) is 5.69 Å². The molecule has 0 atom stereocenters. The monoisotopic (exact) mass is 391 g/mol. The average molecular weight is 392 g/mol. The summed E-state index contributed by atoms with van der Waals surface area (Å²) in [7, 11) is 0. The number of aryl methyl sites for hydroxylation is 1. The molecule has 0 saturated carbocycles. The van der Waals surface area contributed by atoms with E-state index < -0.39 is 0 Å². The molecule has 0 fully saturated rings. The van der Waals surface area contributed by atoms with Crippen molar-refractivity contribution in [3.8, 4) is 0 Å². The molecule has 0 amide bonds. The highest BCUT2D eigenvalue weighted by atomic mass is 32.2. The number of aliphatic imine (C=N–C) groups is 1. The molecule has 0 unspecified atom stereocenters. The zero-order valence-corrected chi connectivity index (χ0v) is 17.1. The number of fused-ring (bicyclic) bond motifs is 1. The molecule has 0 spiro atoms. The number of nitrogens with zero attached hydrogens (tertiary/aromatic N) is 1. The molecule has 1 aliphatic rings. The van der Waals surface area contributed by atoms with Gasteiger partial charge in [0.2, 0.25) is 0 Å². The molecular formula is C27H21NS. The normalized spacial score (nSPS) is 16.0. The molecule has 1 heterocycles. The van der Waals surface area contributed by atoms with Crippen molar-refractivity contribution in [1.82, 2.24) is 0 Å². The van der Waals surface area contributed by atoms with Crippen LogP contribution < -0.4 is 0 Å². The van der Waals surface area contributed by atoms with Gasteiger partial charge in [0.15, 0.2) is 0 Å². The molecule has 4 aromatic carbocycles. The van der Waals surface area contributed by atoms with E-state index in [1.807, 2.05) is 11.8 Å². The fraction of sp³-hybridized carbons (Fsp3) is 0.0741. The molecule has 29 heavy (non-hydrogen) atoms. The van der Waals surface area contributed by atoms with Crippen molar-refractivity contribution >= 4 is 22.5 Å². The average Bonchev–Trinajstić information content (AvgIpc) is 3.12. The maximum absolute atomic E-state index is 5.07. The van der Waals surface area contributed by atoms with Gasteiger partial charge < -0.3 is 0 Å². The summed E-state index contributed by atoms with van der Waals surface area (Å²) in [4.78, 5) is 5.07. The van der Waals surface area contributed by atoms with E-state index in [-0.39, 0.29) is 4.75 Å². The zero-order chi connectivity index (χ0) is 19.7. The van der Waals surface area contributed by atoms with Crippen molar-refractivity contribution in [2.75, 3.05) is 0 Å². The minimum atomic E-state index is -0.303. The fourth-order valence-electron chi connectivity index (χ4n) is 3.99. The van der Waals surface area contributed by atoms with E-state index in [4.69, 9.17) is 4.99 Å². The van der Waals surface area contributed by atoms with Crippen molar-refractivity contribution in [3.63, 3.8) is 0 Å². The molecule has 0 aromatic heterocycles. The van der Waals surface area contributed by atoms with Gasteiger partial charge in [0, 0.05) is 5.56 Å². The van der Waals surface area contributed by atoms with Crippen molar-refractivity contribution in [1.29, 1.82) is 0 Å². The highest BCUT2D eigenvalue weighted by Crippen LogP contribution is 2.56. The predicted molar refractivity (Wildman–Crippen MR) is 124 cm³/mol. The van der Waals surface area contributed by atoms with Gasteiger partial charge in [-0.05, 0) is 35.7 Å². The molecule has 0 bridgehead atoms. The van der Waals surface area contributed by atoms with Crippen molar-refractivity contribution in [2.45, 2.75) is 11.7 Å². The van der Waals surface area contributed by atoms with Crippen LogP contribution in [-0.2, 0) is 4.75 Å². The van der Waals surface area contributed by atoms with E-state index in [1.165, 1.54) is 27.8 Å². The summed E-state index contributed by atoms with van der Waals surface area (Å²) in [5, 5.41) is 1.07. The van der Waals surface area contributed by atoms with Crippen LogP contribution in [0.3, 0.4) is 0 Å². The van der Waals surface area contributed by atoms with Gasteiger partial charge in [-0.2, -0.15) is 0 Å². The Kier molecular flexibility index (Phi) is 4.57. The van der Waals surface area contributed by atoms with E-state index in [2.05, 4.69) is 116 Å². The van der Waals surface area contributed by atoms with E-state index in [1.54, 1.807) is 0 Å². The highest BCUT2D eigenvalue weighted by molar-refractivity contribution is 8.16. The molecule has 5 rings (SSSR count). The third kappa shape index (κ3) is 3.10. The topological polar surface area (TPSA) is 12.4 Å². The van der Waals surface area contributed by atoms with Gasteiger partial charge in [0.05, 0.1) is 10.4 Å². The van der Waals surface area contributed by atoms with Gasteiger partial charge in [0.25, 0.3) is 0 Å². The minimum absolute atomic E-state index is 0.303. The van der Waals surface area contributed by atoms with Crippen LogP contribution in [0.25, 0.3) is 0 Å². The predicted octanol–water partition coefficient (Wildman–Crippen LogP) is 7.11. The van der Waals surface area contributed by atoms with Crippen molar-refractivity contribution in [3.05, 3.63) is 137 Å². The van der Waals surface area contributed by atoms with Gasteiger partial charge in [0.1, 0.15) is 5.04 Å². The Morgan fingerprint density at radius 1 is 0.621 bits per heavy atom. The van der Waals surface area contributed by atoms with Crippen LogP contribution in [0.15, 0.2) is 114 Å². The molecule has 0 N–H and O–H groups in total. The summed E-state index contributed by atoms with van der Waals surface area (Å²) >= 11 is 1.84. The summed E-state index contributed by atoms with van der Waals surface area (Å²) in [6, 6.07) is 38.7. The second-order valence-electron chi connectivity index (χ2n) is 7.31.